The van der Waals surface area contributed by atoms with Crippen molar-refractivity contribution in [3.05, 3.63) is 36.0 Å². The van der Waals surface area contributed by atoms with E-state index in [0.717, 1.165) is 23.9 Å². The lowest BCUT2D eigenvalue weighted by Gasteiger charge is -2.26. The Hall–Kier alpha value is -1.61. The van der Waals surface area contributed by atoms with Gasteiger partial charge in [0.1, 0.15) is 0 Å². The van der Waals surface area contributed by atoms with Crippen LogP contribution < -0.4 is 0 Å². The quantitative estimate of drug-likeness (QED) is 0.782. The van der Waals surface area contributed by atoms with Gasteiger partial charge in [-0.3, -0.25) is 4.79 Å². The van der Waals surface area contributed by atoms with E-state index in [-0.39, 0.29) is 5.78 Å². The lowest BCUT2D eigenvalue weighted by atomic mass is 10.1. The zero-order chi connectivity index (χ0) is 14.7. The molecule has 21 heavy (non-hydrogen) atoms. The number of rotatable bonds is 5. The van der Waals surface area contributed by atoms with E-state index in [0.29, 0.717) is 0 Å². The van der Waals surface area contributed by atoms with Crippen LogP contribution in [0, 0.1) is 0 Å². The fourth-order valence-electron chi connectivity index (χ4n) is 3.36. The van der Waals surface area contributed by atoms with Gasteiger partial charge in [-0.25, -0.2) is 0 Å². The van der Waals surface area contributed by atoms with Gasteiger partial charge < -0.3 is 9.47 Å². The molecule has 1 aromatic heterocycles. The number of hydrogen-bond acceptors (Lipinski definition) is 2. The third-order valence-corrected chi connectivity index (χ3v) is 4.49. The fourth-order valence-corrected chi connectivity index (χ4v) is 3.36. The molecule has 0 atom stereocenters. The molecule has 2 heterocycles. The Morgan fingerprint density at radius 3 is 2.62 bits per heavy atom. The molecule has 1 aromatic carbocycles. The molecule has 3 heteroatoms. The third-order valence-electron chi connectivity index (χ3n) is 4.49. The van der Waals surface area contributed by atoms with E-state index in [1.165, 1.54) is 44.4 Å². The van der Waals surface area contributed by atoms with Crippen molar-refractivity contribution in [3.8, 4) is 0 Å². The summed E-state index contributed by atoms with van der Waals surface area (Å²) in [5.74, 6) is 0.154. The molecular formula is C18H24N2O. The standard InChI is InChI=1S/C18H24N2O/c1-15(21)17-14-20(18-9-4-3-8-16(17)18)13-7-12-19-10-5-2-6-11-19/h3-4,8-9,14H,2,5-7,10-13H2,1H3. The summed E-state index contributed by atoms with van der Waals surface area (Å²) in [6.45, 7) is 6.32. The van der Waals surface area contributed by atoms with Crippen LogP contribution in [0.4, 0.5) is 0 Å². The van der Waals surface area contributed by atoms with Crippen molar-refractivity contribution < 1.29 is 4.79 Å². The Morgan fingerprint density at radius 2 is 1.86 bits per heavy atom. The average Bonchev–Trinajstić information content (AvgIpc) is 2.88. The minimum atomic E-state index is 0.154. The smallest absolute Gasteiger partial charge is 0.161 e. The topological polar surface area (TPSA) is 25.2 Å². The van der Waals surface area contributed by atoms with Gasteiger partial charge >= 0.3 is 0 Å². The first-order valence-electron chi connectivity index (χ1n) is 8.07. The molecule has 1 aliphatic rings. The number of aryl methyl sites for hydroxylation is 1. The van der Waals surface area contributed by atoms with E-state index < -0.39 is 0 Å². The van der Waals surface area contributed by atoms with Gasteiger partial charge in [-0.2, -0.15) is 0 Å². The summed E-state index contributed by atoms with van der Waals surface area (Å²) >= 11 is 0. The molecule has 112 valence electrons. The molecule has 3 nitrogen and oxygen atoms in total. The number of ketones is 1. The lowest BCUT2D eigenvalue weighted by molar-refractivity contribution is 0.101. The van der Waals surface area contributed by atoms with Crippen LogP contribution in [0.15, 0.2) is 30.5 Å². The number of aromatic nitrogens is 1. The number of carbonyl (C=O) groups excluding carboxylic acids is 1. The second kappa shape index (κ2) is 6.44. The first-order valence-corrected chi connectivity index (χ1v) is 8.07. The molecule has 1 saturated heterocycles. The van der Waals surface area contributed by atoms with Crippen LogP contribution in [-0.4, -0.2) is 34.9 Å². The number of carbonyl (C=O) groups is 1. The Labute approximate surface area is 126 Å². The summed E-state index contributed by atoms with van der Waals surface area (Å²) in [7, 11) is 0. The monoisotopic (exact) mass is 284 g/mol. The summed E-state index contributed by atoms with van der Waals surface area (Å²) < 4.78 is 2.25. The van der Waals surface area contributed by atoms with E-state index in [9.17, 15) is 4.79 Å². The average molecular weight is 284 g/mol. The van der Waals surface area contributed by atoms with Crippen LogP contribution in [0.3, 0.4) is 0 Å². The molecule has 0 radical (unpaired) electrons. The molecular weight excluding hydrogens is 260 g/mol. The minimum Gasteiger partial charge on any atom is -0.347 e. The van der Waals surface area contributed by atoms with Crippen LogP contribution in [0.25, 0.3) is 10.9 Å². The van der Waals surface area contributed by atoms with Gasteiger partial charge in [-0.05, 0) is 51.9 Å². The summed E-state index contributed by atoms with van der Waals surface area (Å²) in [5.41, 5.74) is 2.03. The summed E-state index contributed by atoms with van der Waals surface area (Å²) in [5, 5.41) is 1.09. The van der Waals surface area contributed by atoms with E-state index in [4.69, 9.17) is 0 Å². The van der Waals surface area contributed by atoms with Gasteiger partial charge in [0.2, 0.25) is 0 Å². The molecule has 0 N–H and O–H groups in total. The molecule has 0 bridgehead atoms. The number of Topliss-reactive ketones (excluding diaryl/α,β-unsaturated/α-hetero) is 1. The van der Waals surface area contributed by atoms with Crippen LogP contribution in [-0.2, 0) is 6.54 Å². The SMILES string of the molecule is CC(=O)c1cn(CCCN2CCCCC2)c2ccccc12. The normalized spacial score (nSPS) is 16.4. The predicted molar refractivity (Wildman–Crippen MR) is 86.9 cm³/mol. The molecule has 0 unspecified atom stereocenters. The largest absolute Gasteiger partial charge is 0.347 e. The van der Waals surface area contributed by atoms with Gasteiger partial charge in [-0.1, -0.05) is 24.6 Å². The first kappa shape index (κ1) is 14.3. The summed E-state index contributed by atoms with van der Waals surface area (Å²) in [4.78, 5) is 14.3. The van der Waals surface area contributed by atoms with Crippen LogP contribution in [0.5, 0.6) is 0 Å². The minimum absolute atomic E-state index is 0.154. The predicted octanol–water partition coefficient (Wildman–Crippen LogP) is 3.72. The second-order valence-electron chi connectivity index (χ2n) is 6.07. The Morgan fingerprint density at radius 1 is 1.10 bits per heavy atom. The lowest BCUT2D eigenvalue weighted by Crippen LogP contribution is -2.31. The van der Waals surface area contributed by atoms with Gasteiger partial charge in [0.15, 0.2) is 5.78 Å². The number of para-hydroxylation sites is 1. The zero-order valence-corrected chi connectivity index (χ0v) is 12.8. The van der Waals surface area contributed by atoms with Crippen molar-refractivity contribution in [3.63, 3.8) is 0 Å². The second-order valence-corrected chi connectivity index (χ2v) is 6.07. The highest BCUT2D eigenvalue weighted by atomic mass is 16.1. The van der Waals surface area contributed by atoms with E-state index in [2.05, 4.69) is 15.5 Å². The first-order chi connectivity index (χ1) is 10.3. The number of benzene rings is 1. The molecule has 0 amide bonds. The van der Waals surface area contributed by atoms with Crippen LogP contribution >= 0.6 is 0 Å². The molecule has 0 saturated carbocycles. The highest BCUT2D eigenvalue weighted by molar-refractivity contribution is 6.06. The maximum absolute atomic E-state index is 11.8. The van der Waals surface area contributed by atoms with E-state index in [1.54, 1.807) is 6.92 Å². The van der Waals surface area contributed by atoms with Crippen LogP contribution in [0.2, 0.25) is 0 Å². The van der Waals surface area contributed by atoms with Gasteiger partial charge in [0, 0.05) is 29.2 Å². The zero-order valence-electron chi connectivity index (χ0n) is 12.8. The molecule has 1 fully saturated rings. The molecule has 1 aliphatic heterocycles. The number of likely N-dealkylation sites (tertiary alicyclic amines) is 1. The molecule has 3 rings (SSSR count). The Bertz CT molecular complexity index is 623. The van der Waals surface area contributed by atoms with Gasteiger partial charge in [0.25, 0.3) is 0 Å². The number of hydrogen-bond donors (Lipinski definition) is 0. The highest BCUT2D eigenvalue weighted by Gasteiger charge is 2.12. The number of fused-ring (bicyclic) bond motifs is 1. The van der Waals surface area contributed by atoms with Gasteiger partial charge in [0.05, 0.1) is 0 Å². The van der Waals surface area contributed by atoms with Crippen molar-refractivity contribution >= 4 is 16.7 Å². The van der Waals surface area contributed by atoms with Crippen molar-refractivity contribution in [2.45, 2.75) is 39.2 Å². The maximum atomic E-state index is 11.8. The summed E-state index contributed by atoms with van der Waals surface area (Å²) in [6.07, 6.45) is 7.27. The Balaban J connectivity index is 1.70. The molecule has 0 spiro atoms. The number of piperidine rings is 1. The van der Waals surface area contributed by atoms with Crippen molar-refractivity contribution in [2.24, 2.45) is 0 Å². The van der Waals surface area contributed by atoms with Crippen molar-refractivity contribution in [1.29, 1.82) is 0 Å². The maximum Gasteiger partial charge on any atom is 0.161 e. The molecule has 0 aliphatic carbocycles. The summed E-state index contributed by atoms with van der Waals surface area (Å²) in [6, 6.07) is 8.22. The fraction of sp³-hybridized carbons (Fsp3) is 0.500. The van der Waals surface area contributed by atoms with Crippen molar-refractivity contribution in [2.75, 3.05) is 19.6 Å². The highest BCUT2D eigenvalue weighted by Crippen LogP contribution is 2.22. The third kappa shape index (κ3) is 3.18. The van der Waals surface area contributed by atoms with Crippen molar-refractivity contribution in [1.82, 2.24) is 9.47 Å². The van der Waals surface area contributed by atoms with E-state index >= 15 is 0 Å². The molecule has 2 aromatic rings. The van der Waals surface area contributed by atoms with Crippen LogP contribution in [0.1, 0.15) is 43.0 Å². The number of nitrogens with zero attached hydrogens (tertiary/aromatic N) is 2. The van der Waals surface area contributed by atoms with Gasteiger partial charge in [-0.15, -0.1) is 0 Å². The van der Waals surface area contributed by atoms with E-state index in [1.807, 2.05) is 24.4 Å². The Kier molecular flexibility index (Phi) is 4.39.